The third kappa shape index (κ3) is 8.52. The minimum atomic E-state index is -0.377. The van der Waals surface area contributed by atoms with E-state index in [1.54, 1.807) is 24.4 Å². The number of aromatic nitrogens is 3. The molecule has 222 valence electrons. The van der Waals surface area contributed by atoms with Crippen LogP contribution in [0.15, 0.2) is 41.3 Å². The normalized spacial score (nSPS) is 12.6. The average molecular weight is 564 g/mol. The van der Waals surface area contributed by atoms with Crippen LogP contribution in [0, 0.1) is 16.7 Å². The fourth-order valence-corrected chi connectivity index (χ4v) is 4.56. The first-order valence-corrected chi connectivity index (χ1v) is 14.4. The number of rotatable bonds is 14. The summed E-state index contributed by atoms with van der Waals surface area (Å²) in [4.78, 5) is 48.3. The average Bonchev–Trinajstić information content (AvgIpc) is 2.93. The molecule has 6 N–H and O–H groups in total. The number of benzene rings is 1. The van der Waals surface area contributed by atoms with Crippen molar-refractivity contribution in [3.8, 4) is 0 Å². The second-order valence-electron chi connectivity index (χ2n) is 12.1. The zero-order valence-electron chi connectivity index (χ0n) is 25.2. The summed E-state index contributed by atoms with van der Waals surface area (Å²) in [6.45, 7) is 14.5. The molecular formula is C31H45N7O3. The fraction of sp³-hybridized carbons (Fsp3) is 0.516. The first kappa shape index (κ1) is 31.6. The van der Waals surface area contributed by atoms with Gasteiger partial charge in [-0.15, -0.1) is 0 Å². The Bertz CT molecular complexity index is 1400. The molecule has 2 amide bonds. The van der Waals surface area contributed by atoms with E-state index >= 15 is 0 Å². The smallest absolute Gasteiger partial charge is 0.277 e. The standard InChI is InChI=1S/C31H45N7O3/c1-7-9-20(2)27(39)36-19-31(5,6)30(3,4)14-8-15-33-28(40)21-10-12-22(13-11-21)34-17-23-18-35-24-16-25(32)38-29(41)26(24)37-23/h10-13,16,18,20,34H,7-9,14-15,17,19H2,1-6H3,(H,33,40)(H,36,39)(H3,32,38,41). The number of nitrogens with two attached hydrogens (primary N) is 1. The van der Waals surface area contributed by atoms with Crippen molar-refractivity contribution in [2.24, 2.45) is 16.7 Å². The molecule has 0 aliphatic rings. The van der Waals surface area contributed by atoms with Crippen LogP contribution in [0.2, 0.25) is 0 Å². The molecule has 0 bridgehead atoms. The first-order chi connectivity index (χ1) is 19.3. The molecule has 0 spiro atoms. The summed E-state index contributed by atoms with van der Waals surface area (Å²) in [7, 11) is 0. The van der Waals surface area contributed by atoms with Gasteiger partial charge in [-0.2, -0.15) is 0 Å². The van der Waals surface area contributed by atoms with Gasteiger partial charge < -0.3 is 26.7 Å². The molecule has 0 radical (unpaired) electrons. The second kappa shape index (κ2) is 13.6. The van der Waals surface area contributed by atoms with Crippen molar-refractivity contribution < 1.29 is 9.59 Å². The van der Waals surface area contributed by atoms with Gasteiger partial charge in [-0.05, 0) is 54.4 Å². The number of pyridine rings is 1. The molecule has 1 aromatic carbocycles. The van der Waals surface area contributed by atoms with Crippen LogP contribution < -0.4 is 27.2 Å². The summed E-state index contributed by atoms with van der Waals surface area (Å²) in [5, 5.41) is 9.39. The summed E-state index contributed by atoms with van der Waals surface area (Å²) in [5.74, 6) is 0.276. The fourth-order valence-electron chi connectivity index (χ4n) is 4.56. The number of aromatic amines is 1. The van der Waals surface area contributed by atoms with Gasteiger partial charge >= 0.3 is 0 Å². The van der Waals surface area contributed by atoms with Crippen molar-refractivity contribution in [2.75, 3.05) is 24.1 Å². The maximum atomic E-state index is 12.7. The molecule has 2 heterocycles. The lowest BCUT2D eigenvalue weighted by atomic mass is 9.65. The summed E-state index contributed by atoms with van der Waals surface area (Å²) < 4.78 is 0. The van der Waals surface area contributed by atoms with Crippen molar-refractivity contribution in [1.29, 1.82) is 0 Å². The maximum absolute atomic E-state index is 12.7. The van der Waals surface area contributed by atoms with E-state index < -0.39 is 0 Å². The van der Waals surface area contributed by atoms with E-state index in [0.29, 0.717) is 36.4 Å². The van der Waals surface area contributed by atoms with Crippen LogP contribution in [-0.2, 0) is 11.3 Å². The lowest BCUT2D eigenvalue weighted by molar-refractivity contribution is -0.125. The van der Waals surface area contributed by atoms with E-state index in [-0.39, 0.29) is 45.5 Å². The number of hydrogen-bond acceptors (Lipinski definition) is 7. The number of H-pyrrole nitrogens is 1. The van der Waals surface area contributed by atoms with Gasteiger partial charge in [0.15, 0.2) is 5.52 Å². The minimum absolute atomic E-state index is 0.0252. The molecule has 2 aromatic heterocycles. The summed E-state index contributed by atoms with van der Waals surface area (Å²) in [6.07, 6.45) is 5.25. The number of nitrogen functional groups attached to an aromatic ring is 1. The molecule has 3 aromatic rings. The van der Waals surface area contributed by atoms with E-state index in [1.165, 1.54) is 0 Å². The second-order valence-corrected chi connectivity index (χ2v) is 12.1. The largest absolute Gasteiger partial charge is 0.385 e. The predicted octanol–water partition coefficient (Wildman–Crippen LogP) is 4.63. The molecule has 1 atom stereocenters. The Morgan fingerprint density at radius 2 is 1.78 bits per heavy atom. The van der Waals surface area contributed by atoms with E-state index in [2.05, 4.69) is 65.5 Å². The molecule has 10 nitrogen and oxygen atoms in total. The highest BCUT2D eigenvalue weighted by atomic mass is 16.2. The zero-order chi connectivity index (χ0) is 30.2. The Morgan fingerprint density at radius 3 is 2.46 bits per heavy atom. The molecule has 0 aliphatic carbocycles. The number of fused-ring (bicyclic) bond motifs is 1. The number of amides is 2. The maximum Gasteiger partial charge on any atom is 0.277 e. The van der Waals surface area contributed by atoms with Crippen molar-refractivity contribution in [2.45, 2.75) is 73.8 Å². The topological polar surface area (TPSA) is 155 Å². The van der Waals surface area contributed by atoms with E-state index in [1.807, 2.05) is 19.1 Å². The number of nitrogens with zero attached hydrogens (tertiary/aromatic N) is 2. The quantitative estimate of drug-likeness (QED) is 0.179. The Balaban J connectivity index is 1.44. The van der Waals surface area contributed by atoms with Crippen molar-refractivity contribution in [3.63, 3.8) is 0 Å². The molecule has 41 heavy (non-hydrogen) atoms. The number of nitrogens with one attached hydrogen (secondary N) is 4. The number of hydrogen-bond donors (Lipinski definition) is 5. The van der Waals surface area contributed by atoms with E-state index in [4.69, 9.17) is 5.73 Å². The molecular weight excluding hydrogens is 518 g/mol. The van der Waals surface area contributed by atoms with Crippen LogP contribution in [0.1, 0.15) is 83.3 Å². The molecule has 0 saturated heterocycles. The molecule has 1 unspecified atom stereocenters. The lowest BCUT2D eigenvalue weighted by Gasteiger charge is -2.42. The Kier molecular flexibility index (Phi) is 10.5. The zero-order valence-corrected chi connectivity index (χ0v) is 25.2. The van der Waals surface area contributed by atoms with Crippen LogP contribution in [0.25, 0.3) is 11.0 Å². The third-order valence-electron chi connectivity index (χ3n) is 8.21. The SMILES string of the molecule is CCCC(C)C(=O)NCC(C)(C)C(C)(C)CCCNC(=O)c1ccc(NCc2cnc3cc(N)[nH]c(=O)c3n2)cc1. The number of carbonyl (C=O) groups is 2. The van der Waals surface area contributed by atoms with Gasteiger partial charge in [0.1, 0.15) is 5.82 Å². The van der Waals surface area contributed by atoms with Gasteiger partial charge in [-0.3, -0.25) is 19.4 Å². The Morgan fingerprint density at radius 1 is 1.07 bits per heavy atom. The summed E-state index contributed by atoms with van der Waals surface area (Å²) >= 11 is 0. The lowest BCUT2D eigenvalue weighted by Crippen LogP contribution is -2.44. The van der Waals surface area contributed by atoms with Gasteiger partial charge in [-0.1, -0.05) is 48.0 Å². The van der Waals surface area contributed by atoms with Gasteiger partial charge in [0.05, 0.1) is 24.0 Å². The highest BCUT2D eigenvalue weighted by Gasteiger charge is 2.36. The minimum Gasteiger partial charge on any atom is -0.385 e. The first-order valence-electron chi connectivity index (χ1n) is 14.4. The third-order valence-corrected chi connectivity index (χ3v) is 8.21. The molecule has 0 aliphatic heterocycles. The van der Waals surface area contributed by atoms with Gasteiger partial charge in [0.25, 0.3) is 11.5 Å². The highest BCUT2D eigenvalue weighted by Crippen LogP contribution is 2.41. The van der Waals surface area contributed by atoms with Gasteiger partial charge in [0.2, 0.25) is 5.91 Å². The van der Waals surface area contributed by atoms with Crippen molar-refractivity contribution >= 4 is 34.4 Å². The van der Waals surface area contributed by atoms with Gasteiger partial charge in [0, 0.05) is 36.3 Å². The van der Waals surface area contributed by atoms with E-state index in [0.717, 1.165) is 31.4 Å². The monoisotopic (exact) mass is 563 g/mol. The molecule has 0 fully saturated rings. The molecule has 10 heteroatoms. The predicted molar refractivity (Wildman–Crippen MR) is 165 cm³/mol. The summed E-state index contributed by atoms with van der Waals surface area (Å²) in [5.41, 5.74) is 7.84. The van der Waals surface area contributed by atoms with Crippen molar-refractivity contribution in [1.82, 2.24) is 25.6 Å². The molecule has 3 rings (SSSR count). The van der Waals surface area contributed by atoms with Crippen LogP contribution in [0.4, 0.5) is 11.5 Å². The van der Waals surface area contributed by atoms with E-state index in [9.17, 15) is 14.4 Å². The number of carbonyl (C=O) groups excluding carboxylic acids is 2. The van der Waals surface area contributed by atoms with Crippen LogP contribution in [0.5, 0.6) is 0 Å². The van der Waals surface area contributed by atoms with Crippen LogP contribution in [0.3, 0.4) is 0 Å². The summed E-state index contributed by atoms with van der Waals surface area (Å²) in [6, 6.07) is 8.78. The van der Waals surface area contributed by atoms with Crippen LogP contribution >= 0.6 is 0 Å². The Labute approximate surface area is 242 Å². The van der Waals surface area contributed by atoms with Gasteiger partial charge in [-0.25, -0.2) is 4.98 Å². The van der Waals surface area contributed by atoms with Crippen molar-refractivity contribution in [3.05, 3.63) is 58.1 Å². The highest BCUT2D eigenvalue weighted by molar-refractivity contribution is 5.94. The van der Waals surface area contributed by atoms with Crippen LogP contribution in [-0.4, -0.2) is 39.9 Å². The molecule has 0 saturated carbocycles. The Hall–Kier alpha value is -3.95. The number of anilines is 2.